The summed E-state index contributed by atoms with van der Waals surface area (Å²) in [6.07, 6.45) is 3.86. The van der Waals surface area contributed by atoms with E-state index in [0.29, 0.717) is 12.7 Å². The number of methoxy groups -OCH3 is 1. The molecule has 1 saturated carbocycles. The fourth-order valence-electron chi connectivity index (χ4n) is 1.37. The summed E-state index contributed by atoms with van der Waals surface area (Å²) in [4.78, 5) is 11.3. The lowest BCUT2D eigenvalue weighted by molar-refractivity contribution is -0.146. The average molecular weight is 201 g/mol. The van der Waals surface area contributed by atoms with Crippen molar-refractivity contribution in [3.8, 4) is 0 Å². The molecule has 1 rings (SSSR count). The molecule has 0 aromatic carbocycles. The van der Waals surface area contributed by atoms with Crippen molar-refractivity contribution in [1.29, 1.82) is 0 Å². The second kappa shape index (κ2) is 5.98. The predicted octanol–water partition coefficient (Wildman–Crippen LogP) is 0.707. The second-order valence-corrected chi connectivity index (χ2v) is 3.52. The van der Waals surface area contributed by atoms with Crippen molar-refractivity contribution in [1.82, 2.24) is 5.32 Å². The normalized spacial score (nSPS) is 18.7. The highest BCUT2D eigenvalue weighted by Gasteiger charge is 2.23. The highest BCUT2D eigenvalue weighted by molar-refractivity contribution is 5.75. The topological polar surface area (TPSA) is 47.6 Å². The van der Waals surface area contributed by atoms with E-state index in [9.17, 15) is 4.79 Å². The number of hydrogen-bond donors (Lipinski definition) is 1. The summed E-state index contributed by atoms with van der Waals surface area (Å²) in [5.41, 5.74) is 0. The Bertz CT molecular complexity index is 180. The van der Waals surface area contributed by atoms with Crippen LogP contribution in [0.15, 0.2) is 0 Å². The van der Waals surface area contributed by atoms with Gasteiger partial charge in [-0.15, -0.1) is 0 Å². The Labute approximate surface area is 85.0 Å². The molecule has 82 valence electrons. The Morgan fingerprint density at radius 1 is 1.57 bits per heavy atom. The zero-order chi connectivity index (χ0) is 10.4. The van der Waals surface area contributed by atoms with Gasteiger partial charge in [-0.25, -0.2) is 0 Å². The molecule has 4 nitrogen and oxygen atoms in total. The lowest BCUT2D eigenvalue weighted by Gasteiger charge is -2.27. The molecule has 0 aromatic heterocycles. The van der Waals surface area contributed by atoms with Crippen LogP contribution in [0.4, 0.5) is 0 Å². The van der Waals surface area contributed by atoms with E-state index >= 15 is 0 Å². The number of carbonyl (C=O) groups is 1. The summed E-state index contributed by atoms with van der Waals surface area (Å²) in [7, 11) is 1.40. The number of hydrogen-bond acceptors (Lipinski definition) is 4. The Balaban J connectivity index is 2.22. The first-order chi connectivity index (χ1) is 6.77. The fraction of sp³-hybridized carbons (Fsp3) is 0.900. The van der Waals surface area contributed by atoms with Crippen LogP contribution in [-0.4, -0.2) is 38.4 Å². The van der Waals surface area contributed by atoms with Gasteiger partial charge in [0.15, 0.2) is 0 Å². The summed E-state index contributed by atoms with van der Waals surface area (Å²) in [6, 6.07) is -0.314. The predicted molar refractivity (Wildman–Crippen MR) is 53.1 cm³/mol. The minimum Gasteiger partial charge on any atom is -0.468 e. The molecule has 0 amide bonds. The Morgan fingerprint density at radius 3 is 2.71 bits per heavy atom. The minimum absolute atomic E-state index is 0.244. The minimum atomic E-state index is -0.314. The van der Waals surface area contributed by atoms with Crippen molar-refractivity contribution in [2.24, 2.45) is 0 Å². The molecule has 0 spiro atoms. The Hall–Kier alpha value is -0.610. The van der Waals surface area contributed by atoms with E-state index in [1.165, 1.54) is 13.5 Å². The van der Waals surface area contributed by atoms with Gasteiger partial charge in [0.05, 0.1) is 19.8 Å². The smallest absolute Gasteiger partial charge is 0.325 e. The van der Waals surface area contributed by atoms with Gasteiger partial charge in [0, 0.05) is 0 Å². The van der Waals surface area contributed by atoms with Gasteiger partial charge in [0.25, 0.3) is 0 Å². The van der Waals surface area contributed by atoms with Crippen LogP contribution in [0.3, 0.4) is 0 Å². The van der Waals surface area contributed by atoms with Gasteiger partial charge in [-0.1, -0.05) is 6.92 Å². The van der Waals surface area contributed by atoms with Crippen molar-refractivity contribution >= 4 is 5.97 Å². The van der Waals surface area contributed by atoms with E-state index in [4.69, 9.17) is 4.74 Å². The van der Waals surface area contributed by atoms with Gasteiger partial charge in [-0.3, -0.25) is 4.79 Å². The van der Waals surface area contributed by atoms with Gasteiger partial charge in [-0.2, -0.15) is 0 Å². The van der Waals surface area contributed by atoms with Crippen LogP contribution in [0.25, 0.3) is 0 Å². The van der Waals surface area contributed by atoms with Gasteiger partial charge in [0.1, 0.15) is 6.04 Å². The highest BCUT2D eigenvalue weighted by atomic mass is 16.5. The Kier molecular flexibility index (Phi) is 4.90. The zero-order valence-electron chi connectivity index (χ0n) is 8.91. The maximum absolute atomic E-state index is 11.3. The first kappa shape index (κ1) is 11.5. The van der Waals surface area contributed by atoms with Crippen molar-refractivity contribution < 1.29 is 14.3 Å². The SMILES string of the molecule is CCNC(COC1CCC1)C(=O)OC. The molecule has 1 unspecified atom stereocenters. The summed E-state index contributed by atoms with van der Waals surface area (Å²) in [6.45, 7) is 3.12. The number of nitrogens with one attached hydrogen (secondary N) is 1. The molecule has 1 atom stereocenters. The highest BCUT2D eigenvalue weighted by Crippen LogP contribution is 2.21. The molecule has 1 aliphatic carbocycles. The van der Waals surface area contributed by atoms with Crippen LogP contribution in [0.2, 0.25) is 0 Å². The number of rotatable bonds is 6. The van der Waals surface area contributed by atoms with Gasteiger partial charge < -0.3 is 14.8 Å². The molecule has 0 radical (unpaired) electrons. The molecule has 0 aliphatic heterocycles. The molecule has 0 aromatic rings. The van der Waals surface area contributed by atoms with E-state index in [2.05, 4.69) is 10.1 Å². The molecule has 14 heavy (non-hydrogen) atoms. The monoisotopic (exact) mass is 201 g/mol. The number of likely N-dealkylation sites (N-methyl/N-ethyl adjacent to an activating group) is 1. The third kappa shape index (κ3) is 3.27. The molecular formula is C10H19NO3. The molecule has 1 fully saturated rings. The first-order valence-electron chi connectivity index (χ1n) is 5.20. The zero-order valence-corrected chi connectivity index (χ0v) is 8.91. The second-order valence-electron chi connectivity index (χ2n) is 3.52. The quantitative estimate of drug-likeness (QED) is 0.643. The van der Waals surface area contributed by atoms with Crippen LogP contribution in [-0.2, 0) is 14.3 Å². The van der Waals surface area contributed by atoms with Crippen LogP contribution in [0, 0.1) is 0 Å². The van der Waals surface area contributed by atoms with Gasteiger partial charge >= 0.3 is 5.97 Å². The molecular weight excluding hydrogens is 182 g/mol. The summed E-state index contributed by atoms with van der Waals surface area (Å²) < 4.78 is 10.2. The van der Waals surface area contributed by atoms with E-state index in [1.807, 2.05) is 6.92 Å². The summed E-state index contributed by atoms with van der Waals surface area (Å²) in [5, 5.41) is 3.04. The van der Waals surface area contributed by atoms with E-state index in [1.54, 1.807) is 0 Å². The van der Waals surface area contributed by atoms with Gasteiger partial charge in [0.2, 0.25) is 0 Å². The van der Waals surface area contributed by atoms with Crippen molar-refractivity contribution in [2.45, 2.75) is 38.3 Å². The number of ether oxygens (including phenoxy) is 2. The first-order valence-corrected chi connectivity index (χ1v) is 5.20. The average Bonchev–Trinajstić information content (AvgIpc) is 2.13. The third-order valence-corrected chi connectivity index (χ3v) is 2.49. The standard InChI is InChI=1S/C10H19NO3/c1-3-11-9(10(12)13-2)7-14-8-5-4-6-8/h8-9,11H,3-7H2,1-2H3. The van der Waals surface area contributed by atoms with Crippen molar-refractivity contribution in [3.63, 3.8) is 0 Å². The number of esters is 1. The fourth-order valence-corrected chi connectivity index (χ4v) is 1.37. The van der Waals surface area contributed by atoms with Crippen LogP contribution in [0.1, 0.15) is 26.2 Å². The van der Waals surface area contributed by atoms with Crippen molar-refractivity contribution in [3.05, 3.63) is 0 Å². The molecule has 1 aliphatic rings. The molecule has 0 heterocycles. The summed E-state index contributed by atoms with van der Waals surface area (Å²) >= 11 is 0. The van der Waals surface area contributed by atoms with Crippen LogP contribution in [0.5, 0.6) is 0 Å². The molecule has 1 N–H and O–H groups in total. The third-order valence-electron chi connectivity index (χ3n) is 2.49. The molecule has 0 saturated heterocycles. The molecule has 4 heteroatoms. The van der Waals surface area contributed by atoms with Crippen LogP contribution >= 0.6 is 0 Å². The Morgan fingerprint density at radius 2 is 2.29 bits per heavy atom. The summed E-state index contributed by atoms with van der Waals surface area (Å²) in [5.74, 6) is -0.244. The van der Waals surface area contributed by atoms with Crippen molar-refractivity contribution in [2.75, 3.05) is 20.3 Å². The number of carbonyl (C=O) groups excluding carboxylic acids is 1. The maximum atomic E-state index is 11.3. The largest absolute Gasteiger partial charge is 0.468 e. The molecule has 0 bridgehead atoms. The van der Waals surface area contributed by atoms with E-state index in [0.717, 1.165) is 19.4 Å². The van der Waals surface area contributed by atoms with Crippen LogP contribution < -0.4 is 5.32 Å². The lowest BCUT2D eigenvalue weighted by atomic mass is 9.96. The van der Waals surface area contributed by atoms with E-state index < -0.39 is 0 Å². The lowest BCUT2D eigenvalue weighted by Crippen LogP contribution is -2.42. The van der Waals surface area contributed by atoms with Gasteiger partial charge in [-0.05, 0) is 25.8 Å². The maximum Gasteiger partial charge on any atom is 0.325 e. The van der Waals surface area contributed by atoms with E-state index in [-0.39, 0.29) is 12.0 Å².